The fraction of sp³-hybridized carbons (Fsp3) is 0.278. The number of rotatable bonds is 8. The van der Waals surface area contributed by atoms with Gasteiger partial charge in [-0.05, 0) is 49.1 Å². The van der Waals surface area contributed by atoms with Crippen LogP contribution in [0.3, 0.4) is 0 Å². The van der Waals surface area contributed by atoms with Crippen LogP contribution in [0.15, 0.2) is 54.6 Å². The van der Waals surface area contributed by atoms with Crippen LogP contribution >= 0.6 is 0 Å². The minimum Gasteiger partial charge on any atom is -0.465 e. The monoisotopic (exact) mass is 314 g/mol. The van der Waals surface area contributed by atoms with Crippen LogP contribution in [-0.4, -0.2) is 17.7 Å². The molecule has 0 saturated carbocycles. The molecule has 0 aliphatic carbocycles. The van der Waals surface area contributed by atoms with Crippen LogP contribution in [0.25, 0.3) is 0 Å². The van der Waals surface area contributed by atoms with E-state index in [0.29, 0.717) is 6.54 Å². The minimum absolute atomic E-state index is 0.0504. The van der Waals surface area contributed by atoms with Crippen LogP contribution in [-0.2, 0) is 0 Å². The van der Waals surface area contributed by atoms with E-state index in [2.05, 4.69) is 5.32 Å². The second-order valence-corrected chi connectivity index (χ2v) is 5.32. The van der Waals surface area contributed by atoms with Gasteiger partial charge in [0.05, 0.1) is 0 Å². The zero-order valence-electron chi connectivity index (χ0n) is 12.9. The number of carboxylic acid groups (broad SMARTS) is 1. The number of carbonyl (C=O) groups is 1. The number of nitrogens with two attached hydrogens (primary N) is 1. The van der Waals surface area contributed by atoms with E-state index in [0.717, 1.165) is 36.3 Å². The summed E-state index contributed by atoms with van der Waals surface area (Å²) in [5.74, 6) is 1.58. The molecule has 5 heteroatoms. The molecule has 0 spiro atoms. The third kappa shape index (κ3) is 6.00. The van der Waals surface area contributed by atoms with Gasteiger partial charge < -0.3 is 20.9 Å². The molecule has 0 fully saturated rings. The van der Waals surface area contributed by atoms with Gasteiger partial charge in [0.25, 0.3) is 0 Å². The van der Waals surface area contributed by atoms with Crippen LogP contribution in [0.2, 0.25) is 0 Å². The third-order valence-electron chi connectivity index (χ3n) is 3.51. The third-order valence-corrected chi connectivity index (χ3v) is 3.51. The van der Waals surface area contributed by atoms with Crippen molar-refractivity contribution < 1.29 is 14.6 Å². The molecule has 1 amide bonds. The Morgan fingerprint density at radius 3 is 2.35 bits per heavy atom. The summed E-state index contributed by atoms with van der Waals surface area (Å²) in [7, 11) is 0. The van der Waals surface area contributed by atoms with Crippen LogP contribution in [0, 0.1) is 0 Å². The SMILES string of the molecule is N[C@@H](CCCCNC(=O)O)c1ccc(Oc2ccccc2)cc1. The maximum atomic E-state index is 10.3. The van der Waals surface area contributed by atoms with Crippen molar-refractivity contribution in [2.75, 3.05) is 6.54 Å². The maximum Gasteiger partial charge on any atom is 0.404 e. The standard InChI is InChI=1S/C18H22N2O3/c19-17(8-4-5-13-20-18(21)22)14-9-11-16(12-10-14)23-15-6-2-1-3-7-15/h1-3,6-7,9-12,17,20H,4-5,8,13,19H2,(H,21,22)/t17-/m0/s1. The summed E-state index contributed by atoms with van der Waals surface area (Å²) in [4.78, 5) is 10.3. The highest BCUT2D eigenvalue weighted by Crippen LogP contribution is 2.24. The molecule has 0 saturated heterocycles. The van der Waals surface area contributed by atoms with Crippen molar-refractivity contribution in [3.63, 3.8) is 0 Å². The number of nitrogens with one attached hydrogen (secondary N) is 1. The first-order valence-corrected chi connectivity index (χ1v) is 7.70. The second-order valence-electron chi connectivity index (χ2n) is 5.32. The molecule has 0 aliphatic heterocycles. The summed E-state index contributed by atoms with van der Waals surface area (Å²) in [5, 5.41) is 10.8. The highest BCUT2D eigenvalue weighted by molar-refractivity contribution is 5.64. The topological polar surface area (TPSA) is 84.6 Å². The Bertz CT molecular complexity index is 599. The van der Waals surface area contributed by atoms with Gasteiger partial charge in [-0.1, -0.05) is 30.3 Å². The number of amides is 1. The average molecular weight is 314 g/mol. The molecule has 122 valence electrons. The van der Waals surface area contributed by atoms with Crippen molar-refractivity contribution in [3.05, 3.63) is 60.2 Å². The lowest BCUT2D eigenvalue weighted by molar-refractivity contribution is 0.194. The lowest BCUT2D eigenvalue weighted by Crippen LogP contribution is -2.22. The smallest absolute Gasteiger partial charge is 0.404 e. The summed E-state index contributed by atoms with van der Waals surface area (Å²) >= 11 is 0. The van der Waals surface area contributed by atoms with Gasteiger partial charge in [-0.3, -0.25) is 0 Å². The molecule has 5 nitrogen and oxygen atoms in total. The Morgan fingerprint density at radius 1 is 1.04 bits per heavy atom. The van der Waals surface area contributed by atoms with Gasteiger partial charge in [0.15, 0.2) is 0 Å². The fourth-order valence-corrected chi connectivity index (χ4v) is 2.26. The highest BCUT2D eigenvalue weighted by Gasteiger charge is 2.06. The summed E-state index contributed by atoms with van der Waals surface area (Å²) in [6.07, 6.45) is 1.50. The molecule has 1 atom stereocenters. The van der Waals surface area contributed by atoms with Gasteiger partial charge >= 0.3 is 6.09 Å². The number of benzene rings is 2. The van der Waals surface area contributed by atoms with Gasteiger partial charge in [0, 0.05) is 12.6 Å². The molecule has 2 aromatic rings. The van der Waals surface area contributed by atoms with E-state index >= 15 is 0 Å². The first-order chi connectivity index (χ1) is 11.1. The lowest BCUT2D eigenvalue weighted by atomic mass is 10.0. The molecule has 0 radical (unpaired) electrons. The normalized spacial score (nSPS) is 11.7. The fourth-order valence-electron chi connectivity index (χ4n) is 2.26. The molecule has 0 heterocycles. The quantitative estimate of drug-likeness (QED) is 0.645. The average Bonchev–Trinajstić information content (AvgIpc) is 2.56. The van der Waals surface area contributed by atoms with Crippen molar-refractivity contribution in [3.8, 4) is 11.5 Å². The Hall–Kier alpha value is -2.53. The summed E-state index contributed by atoms with van der Waals surface area (Å²) in [5.41, 5.74) is 7.21. The largest absolute Gasteiger partial charge is 0.465 e. The molecular formula is C18H22N2O3. The first kappa shape index (κ1) is 16.8. The number of ether oxygens (including phenoxy) is 1. The predicted octanol–water partition coefficient (Wildman–Crippen LogP) is 3.92. The Morgan fingerprint density at radius 2 is 1.70 bits per heavy atom. The summed E-state index contributed by atoms with van der Waals surface area (Å²) < 4.78 is 5.74. The van der Waals surface area contributed by atoms with E-state index in [1.807, 2.05) is 54.6 Å². The molecule has 2 rings (SSSR count). The van der Waals surface area contributed by atoms with Crippen LogP contribution < -0.4 is 15.8 Å². The number of unbranched alkanes of at least 4 members (excludes halogenated alkanes) is 1. The molecule has 0 aliphatic rings. The number of para-hydroxylation sites is 1. The molecule has 0 unspecified atom stereocenters. The minimum atomic E-state index is -0.983. The second kappa shape index (κ2) is 8.80. The van der Waals surface area contributed by atoms with Crippen LogP contribution in [0.5, 0.6) is 11.5 Å². The van der Waals surface area contributed by atoms with Crippen LogP contribution in [0.1, 0.15) is 30.9 Å². The number of hydrogen-bond acceptors (Lipinski definition) is 3. The molecule has 4 N–H and O–H groups in total. The van der Waals surface area contributed by atoms with Gasteiger partial charge in [0.2, 0.25) is 0 Å². The molecule has 0 aromatic heterocycles. The van der Waals surface area contributed by atoms with Crippen molar-refractivity contribution in [2.24, 2.45) is 5.73 Å². The Balaban J connectivity index is 1.78. The van der Waals surface area contributed by atoms with E-state index in [-0.39, 0.29) is 6.04 Å². The first-order valence-electron chi connectivity index (χ1n) is 7.70. The van der Waals surface area contributed by atoms with E-state index in [9.17, 15) is 4.79 Å². The summed E-state index contributed by atoms with van der Waals surface area (Å²) in [6, 6.07) is 17.3. The predicted molar refractivity (Wildman–Crippen MR) is 89.8 cm³/mol. The van der Waals surface area contributed by atoms with Gasteiger partial charge in [-0.2, -0.15) is 0 Å². The van der Waals surface area contributed by atoms with E-state index in [4.69, 9.17) is 15.6 Å². The molecule has 23 heavy (non-hydrogen) atoms. The zero-order valence-corrected chi connectivity index (χ0v) is 12.9. The van der Waals surface area contributed by atoms with Crippen LogP contribution in [0.4, 0.5) is 4.79 Å². The summed E-state index contributed by atoms with van der Waals surface area (Å²) in [6.45, 7) is 0.464. The molecule has 2 aromatic carbocycles. The van der Waals surface area contributed by atoms with Gasteiger partial charge in [0.1, 0.15) is 11.5 Å². The van der Waals surface area contributed by atoms with E-state index in [1.165, 1.54) is 0 Å². The van der Waals surface area contributed by atoms with Crippen molar-refractivity contribution in [1.82, 2.24) is 5.32 Å². The van der Waals surface area contributed by atoms with E-state index in [1.54, 1.807) is 0 Å². The molecule has 0 bridgehead atoms. The van der Waals surface area contributed by atoms with Gasteiger partial charge in [-0.15, -0.1) is 0 Å². The Labute approximate surface area is 136 Å². The highest BCUT2D eigenvalue weighted by atomic mass is 16.5. The zero-order chi connectivity index (χ0) is 16.5. The van der Waals surface area contributed by atoms with Crippen molar-refractivity contribution in [1.29, 1.82) is 0 Å². The van der Waals surface area contributed by atoms with Crippen molar-refractivity contribution >= 4 is 6.09 Å². The van der Waals surface area contributed by atoms with Gasteiger partial charge in [-0.25, -0.2) is 4.79 Å². The van der Waals surface area contributed by atoms with E-state index < -0.39 is 6.09 Å². The Kier molecular flexibility index (Phi) is 6.44. The maximum absolute atomic E-state index is 10.3. The number of hydrogen-bond donors (Lipinski definition) is 3. The molecular weight excluding hydrogens is 292 g/mol. The lowest BCUT2D eigenvalue weighted by Gasteiger charge is -2.13. The van der Waals surface area contributed by atoms with Crippen molar-refractivity contribution in [2.45, 2.75) is 25.3 Å².